The van der Waals surface area contributed by atoms with Crippen molar-refractivity contribution < 1.29 is 23.1 Å². The Bertz CT molecular complexity index is 1150. The Hall–Kier alpha value is -3.06. The number of sulfonamides is 1. The maximum Gasteiger partial charge on any atom is 0.324 e. The summed E-state index contributed by atoms with van der Waals surface area (Å²) in [5.41, 5.74) is 0.282. The first kappa shape index (κ1) is 20.2. The van der Waals surface area contributed by atoms with E-state index in [0.717, 1.165) is 40.8 Å². The predicted octanol–water partition coefficient (Wildman–Crippen LogP) is 4.44. The number of carbonyl (C=O) groups is 1. The quantitative estimate of drug-likeness (QED) is 0.605. The molecule has 1 saturated carbocycles. The Labute approximate surface area is 175 Å². The van der Waals surface area contributed by atoms with Crippen molar-refractivity contribution in [3.63, 3.8) is 0 Å². The van der Waals surface area contributed by atoms with E-state index in [1.807, 2.05) is 24.3 Å². The number of carboxylic acid groups (broad SMARTS) is 1. The summed E-state index contributed by atoms with van der Waals surface area (Å²) in [6.07, 6.45) is 4.53. The van der Waals surface area contributed by atoms with Crippen molar-refractivity contribution in [2.45, 2.75) is 36.7 Å². The van der Waals surface area contributed by atoms with Crippen LogP contribution in [0.25, 0.3) is 10.8 Å². The normalized spacial score (nSPS) is 14.7. The van der Waals surface area contributed by atoms with Gasteiger partial charge in [-0.05, 0) is 72.9 Å². The minimum Gasteiger partial charge on any atom is -0.490 e. The third kappa shape index (κ3) is 4.26. The van der Waals surface area contributed by atoms with Crippen LogP contribution in [0.3, 0.4) is 0 Å². The Kier molecular flexibility index (Phi) is 5.63. The van der Waals surface area contributed by atoms with E-state index >= 15 is 0 Å². The van der Waals surface area contributed by atoms with Gasteiger partial charge in [0.05, 0.1) is 16.7 Å². The van der Waals surface area contributed by atoms with Crippen LogP contribution in [0.15, 0.2) is 71.6 Å². The molecule has 156 valence electrons. The summed E-state index contributed by atoms with van der Waals surface area (Å²) >= 11 is 0. The van der Waals surface area contributed by atoms with Crippen LogP contribution in [0.2, 0.25) is 0 Å². The van der Waals surface area contributed by atoms with Crippen LogP contribution < -0.4 is 9.04 Å². The second-order valence-corrected chi connectivity index (χ2v) is 9.29. The Morgan fingerprint density at radius 3 is 2.30 bits per heavy atom. The number of fused-ring (bicyclic) bond motifs is 1. The number of hydrogen-bond donors (Lipinski definition) is 1. The van der Waals surface area contributed by atoms with Gasteiger partial charge in [-0.1, -0.05) is 30.3 Å². The average Bonchev–Trinajstić information content (AvgIpc) is 3.25. The summed E-state index contributed by atoms with van der Waals surface area (Å²) in [6, 6.07) is 18.8. The first-order chi connectivity index (χ1) is 14.4. The van der Waals surface area contributed by atoms with Gasteiger partial charge < -0.3 is 9.84 Å². The van der Waals surface area contributed by atoms with Crippen molar-refractivity contribution >= 4 is 32.5 Å². The highest BCUT2D eigenvalue weighted by atomic mass is 32.2. The van der Waals surface area contributed by atoms with E-state index in [-0.39, 0.29) is 16.7 Å². The molecule has 0 radical (unpaired) electrons. The maximum absolute atomic E-state index is 13.3. The smallest absolute Gasteiger partial charge is 0.324 e. The molecule has 3 aromatic rings. The van der Waals surface area contributed by atoms with E-state index < -0.39 is 22.5 Å². The van der Waals surface area contributed by atoms with Gasteiger partial charge in [-0.25, -0.2) is 8.42 Å². The molecular formula is C23H23NO5S. The van der Waals surface area contributed by atoms with E-state index in [4.69, 9.17) is 4.74 Å². The van der Waals surface area contributed by atoms with E-state index in [1.165, 1.54) is 6.07 Å². The molecule has 4 rings (SSSR count). The van der Waals surface area contributed by atoms with Crippen molar-refractivity contribution in [2.24, 2.45) is 0 Å². The average molecular weight is 426 g/mol. The largest absolute Gasteiger partial charge is 0.490 e. The van der Waals surface area contributed by atoms with E-state index in [2.05, 4.69) is 0 Å². The van der Waals surface area contributed by atoms with Crippen LogP contribution in [0.1, 0.15) is 25.7 Å². The molecule has 7 heteroatoms. The number of hydrogen-bond acceptors (Lipinski definition) is 4. The molecule has 0 spiro atoms. The molecule has 3 aromatic carbocycles. The van der Waals surface area contributed by atoms with Gasteiger partial charge in [0.1, 0.15) is 12.3 Å². The monoisotopic (exact) mass is 425 g/mol. The third-order valence-electron chi connectivity index (χ3n) is 5.32. The van der Waals surface area contributed by atoms with Crippen LogP contribution in [-0.4, -0.2) is 32.1 Å². The first-order valence-electron chi connectivity index (χ1n) is 9.93. The fourth-order valence-corrected chi connectivity index (χ4v) is 5.23. The van der Waals surface area contributed by atoms with Gasteiger partial charge in [-0.3, -0.25) is 9.10 Å². The SMILES string of the molecule is O=C(O)CN(c1ccc(OC2CCCC2)cc1)S(=O)(=O)c1ccc2ccccc2c1. The van der Waals surface area contributed by atoms with E-state index in [0.29, 0.717) is 5.75 Å². The molecule has 0 saturated heterocycles. The molecule has 1 fully saturated rings. The van der Waals surface area contributed by atoms with E-state index in [9.17, 15) is 18.3 Å². The minimum atomic E-state index is -4.06. The topological polar surface area (TPSA) is 83.9 Å². The van der Waals surface area contributed by atoms with Crippen LogP contribution in [-0.2, 0) is 14.8 Å². The highest BCUT2D eigenvalue weighted by Gasteiger charge is 2.27. The molecule has 0 aliphatic heterocycles. The van der Waals surface area contributed by atoms with Gasteiger partial charge >= 0.3 is 5.97 Å². The lowest BCUT2D eigenvalue weighted by atomic mass is 10.1. The fraction of sp³-hybridized carbons (Fsp3) is 0.261. The second kappa shape index (κ2) is 8.36. The van der Waals surface area contributed by atoms with Crippen LogP contribution in [0, 0.1) is 0 Å². The third-order valence-corrected chi connectivity index (χ3v) is 7.09. The van der Waals surface area contributed by atoms with Gasteiger partial charge in [-0.2, -0.15) is 0 Å². The number of benzene rings is 3. The van der Waals surface area contributed by atoms with Gasteiger partial charge in [0.25, 0.3) is 10.0 Å². The molecule has 1 N–H and O–H groups in total. The standard InChI is InChI=1S/C23H23NO5S/c25-23(26)16-24(19-10-12-21(13-11-19)29-20-7-3-4-8-20)30(27,28)22-14-9-17-5-1-2-6-18(17)15-22/h1-2,5-6,9-15,20H,3-4,7-8,16H2,(H,25,26). The molecule has 1 aliphatic rings. The maximum atomic E-state index is 13.3. The van der Waals surface area contributed by atoms with Gasteiger partial charge in [0, 0.05) is 0 Å². The summed E-state index contributed by atoms with van der Waals surface area (Å²) in [6.45, 7) is -0.669. The Morgan fingerprint density at radius 2 is 1.63 bits per heavy atom. The predicted molar refractivity (Wildman–Crippen MR) is 115 cm³/mol. The molecule has 0 unspecified atom stereocenters. The number of aliphatic carboxylic acids is 1. The summed E-state index contributed by atoms with van der Waals surface area (Å²) in [4.78, 5) is 11.5. The van der Waals surface area contributed by atoms with Crippen molar-refractivity contribution in [3.05, 3.63) is 66.7 Å². The minimum absolute atomic E-state index is 0.0498. The highest BCUT2D eigenvalue weighted by Crippen LogP contribution is 2.29. The number of nitrogens with zero attached hydrogens (tertiary/aromatic N) is 1. The van der Waals surface area contributed by atoms with Crippen molar-refractivity contribution in [1.29, 1.82) is 0 Å². The summed E-state index contributed by atoms with van der Waals surface area (Å²) in [5, 5.41) is 11.0. The molecule has 0 aromatic heterocycles. The number of anilines is 1. The lowest BCUT2D eigenvalue weighted by Gasteiger charge is -2.23. The summed E-state index contributed by atoms with van der Waals surface area (Å²) in [5.74, 6) is -0.574. The lowest BCUT2D eigenvalue weighted by molar-refractivity contribution is -0.135. The fourth-order valence-electron chi connectivity index (χ4n) is 3.78. The zero-order chi connectivity index (χ0) is 21.1. The second-order valence-electron chi connectivity index (χ2n) is 7.43. The molecule has 0 amide bonds. The summed E-state index contributed by atoms with van der Waals surface area (Å²) in [7, 11) is -4.06. The zero-order valence-corrected chi connectivity index (χ0v) is 17.2. The Morgan fingerprint density at radius 1 is 0.967 bits per heavy atom. The van der Waals surface area contributed by atoms with Gasteiger partial charge in [-0.15, -0.1) is 0 Å². The van der Waals surface area contributed by atoms with Crippen LogP contribution >= 0.6 is 0 Å². The van der Waals surface area contributed by atoms with Crippen molar-refractivity contribution in [2.75, 3.05) is 10.8 Å². The molecule has 30 heavy (non-hydrogen) atoms. The van der Waals surface area contributed by atoms with Gasteiger partial charge in [0.15, 0.2) is 0 Å². The van der Waals surface area contributed by atoms with Crippen LogP contribution in [0.5, 0.6) is 5.75 Å². The molecule has 0 heterocycles. The van der Waals surface area contributed by atoms with Gasteiger partial charge in [0.2, 0.25) is 0 Å². The van der Waals surface area contributed by atoms with Crippen molar-refractivity contribution in [1.82, 2.24) is 0 Å². The molecule has 6 nitrogen and oxygen atoms in total. The Balaban J connectivity index is 1.65. The van der Waals surface area contributed by atoms with Crippen LogP contribution in [0.4, 0.5) is 5.69 Å². The lowest BCUT2D eigenvalue weighted by Crippen LogP contribution is -2.35. The first-order valence-corrected chi connectivity index (χ1v) is 11.4. The molecule has 0 atom stereocenters. The number of ether oxygens (including phenoxy) is 1. The van der Waals surface area contributed by atoms with E-state index in [1.54, 1.807) is 36.4 Å². The number of carboxylic acids is 1. The molecular weight excluding hydrogens is 402 g/mol. The molecule has 0 bridgehead atoms. The van der Waals surface area contributed by atoms with Crippen molar-refractivity contribution in [3.8, 4) is 5.75 Å². The zero-order valence-electron chi connectivity index (χ0n) is 16.4. The number of rotatable bonds is 7. The highest BCUT2D eigenvalue weighted by molar-refractivity contribution is 7.92. The summed E-state index contributed by atoms with van der Waals surface area (Å²) < 4.78 is 33.5. The molecule has 1 aliphatic carbocycles.